The number of anilines is 1. The van der Waals surface area contributed by atoms with E-state index in [1.54, 1.807) is 24.3 Å². The third-order valence-corrected chi connectivity index (χ3v) is 11.5. The van der Waals surface area contributed by atoms with Gasteiger partial charge in [0.15, 0.2) is 6.04 Å². The lowest BCUT2D eigenvalue weighted by Gasteiger charge is -2.37. The lowest BCUT2D eigenvalue weighted by atomic mass is 10.1. The average Bonchev–Trinajstić information content (AvgIpc) is 3.00. The minimum absolute atomic E-state index is 0.128. The number of rotatable bonds is 8. The Kier molecular flexibility index (Phi) is 9.41. The molecule has 1 atom stereocenters. The monoisotopic (exact) mass is 617 g/mol. The fraction of sp³-hybridized carbons (Fsp3) is 0.125. The first kappa shape index (κ1) is 29.1. The summed E-state index contributed by atoms with van der Waals surface area (Å²) in [5, 5.41) is 2.59. The zero-order chi connectivity index (χ0) is 28.7. The number of esters is 2. The highest BCUT2D eigenvalue weighted by atomic mass is 79.9. The molecule has 0 N–H and O–H groups in total. The van der Waals surface area contributed by atoms with Gasteiger partial charge < -0.3 is 9.47 Å². The fourth-order valence-corrected chi connectivity index (χ4v) is 9.73. The second kappa shape index (κ2) is 12.9. The number of nitrogens with zero attached hydrogens (tertiary/aromatic N) is 1. The van der Waals surface area contributed by atoms with Gasteiger partial charge in [-0.15, -0.1) is 0 Å². The fourth-order valence-electron chi connectivity index (χ4n) is 4.92. The van der Waals surface area contributed by atoms with E-state index in [9.17, 15) is 14.4 Å². The number of methoxy groups -OCH3 is 2. The maximum atomic E-state index is 14.2. The van der Waals surface area contributed by atoms with Crippen LogP contribution < -0.4 is 20.8 Å². The van der Waals surface area contributed by atoms with Gasteiger partial charge in [0.2, 0.25) is 5.91 Å². The zero-order valence-corrected chi connectivity index (χ0v) is 24.8. The van der Waals surface area contributed by atoms with Crippen molar-refractivity contribution >= 4 is 67.6 Å². The second-order valence-electron chi connectivity index (χ2n) is 8.85. The molecule has 0 saturated carbocycles. The van der Waals surface area contributed by atoms with Crippen molar-refractivity contribution in [2.24, 2.45) is 0 Å². The van der Waals surface area contributed by atoms with Crippen molar-refractivity contribution in [1.29, 1.82) is 0 Å². The topological polar surface area (TPSA) is 72.9 Å². The van der Waals surface area contributed by atoms with Gasteiger partial charge in [0.25, 0.3) is 0 Å². The van der Waals surface area contributed by atoms with E-state index in [4.69, 9.17) is 9.47 Å². The largest absolute Gasteiger partial charge is 0.467 e. The summed E-state index contributed by atoms with van der Waals surface area (Å²) < 4.78 is 11.6. The van der Waals surface area contributed by atoms with Crippen LogP contribution in [-0.2, 0) is 23.9 Å². The minimum Gasteiger partial charge on any atom is -0.467 e. The maximum Gasteiger partial charge on any atom is 0.337 e. The summed E-state index contributed by atoms with van der Waals surface area (Å²) in [5.74, 6) is -1.90. The molecule has 8 heteroatoms. The van der Waals surface area contributed by atoms with E-state index < -0.39 is 30.8 Å². The second-order valence-corrected chi connectivity index (χ2v) is 13.1. The van der Waals surface area contributed by atoms with Crippen molar-refractivity contribution in [2.45, 2.75) is 13.0 Å². The van der Waals surface area contributed by atoms with Gasteiger partial charge in [0.05, 0.1) is 19.5 Å². The molecule has 0 aromatic heterocycles. The van der Waals surface area contributed by atoms with Crippen LogP contribution in [0.25, 0.3) is 0 Å². The van der Waals surface area contributed by atoms with Crippen molar-refractivity contribution in [3.63, 3.8) is 0 Å². The Labute approximate surface area is 242 Å². The standard InChI is InChI=1S/C32H29BrNO5P/c1-23(35)34(25-21-19-24(33)20-22-25)29(31(36)38-2)30(32(37)39-3)40(26-13-7-4-8-14-26,27-15-9-5-10-16-27)28-17-11-6-12-18-28/h4-22,29H,1-3H3. The maximum absolute atomic E-state index is 14.2. The Morgan fingerprint density at radius 1 is 0.675 bits per heavy atom. The molecular formula is C32H29BrNO5P. The van der Waals surface area contributed by atoms with E-state index in [0.717, 1.165) is 20.4 Å². The van der Waals surface area contributed by atoms with Crippen LogP contribution in [0.1, 0.15) is 6.92 Å². The predicted molar refractivity (Wildman–Crippen MR) is 165 cm³/mol. The summed E-state index contributed by atoms with van der Waals surface area (Å²) in [4.78, 5) is 42.7. The molecule has 4 aromatic rings. The molecule has 0 aliphatic rings. The van der Waals surface area contributed by atoms with E-state index in [-0.39, 0.29) is 5.29 Å². The molecule has 0 aliphatic heterocycles. The van der Waals surface area contributed by atoms with Crippen molar-refractivity contribution in [2.75, 3.05) is 19.1 Å². The Morgan fingerprint density at radius 2 is 1.10 bits per heavy atom. The van der Waals surface area contributed by atoms with Crippen LogP contribution in [0.5, 0.6) is 0 Å². The summed E-state index contributed by atoms with van der Waals surface area (Å²) in [6.45, 7) is -1.78. The van der Waals surface area contributed by atoms with E-state index in [1.807, 2.05) is 91.0 Å². The van der Waals surface area contributed by atoms with Crippen LogP contribution in [-0.4, -0.2) is 43.4 Å². The van der Waals surface area contributed by atoms with E-state index in [1.165, 1.54) is 26.0 Å². The van der Waals surface area contributed by atoms with Crippen LogP contribution in [0.4, 0.5) is 5.69 Å². The first-order valence-corrected chi connectivity index (χ1v) is 15.1. The van der Waals surface area contributed by atoms with Gasteiger partial charge in [-0.05, 0) is 47.1 Å². The lowest BCUT2D eigenvalue weighted by Crippen LogP contribution is -2.54. The predicted octanol–water partition coefficient (Wildman–Crippen LogP) is 4.68. The van der Waals surface area contributed by atoms with Crippen LogP contribution >= 0.6 is 22.8 Å². The molecule has 1 amide bonds. The summed E-state index contributed by atoms with van der Waals surface area (Å²) in [6, 6.07) is 34.3. The van der Waals surface area contributed by atoms with Crippen molar-refractivity contribution in [3.8, 4) is 0 Å². The summed E-state index contributed by atoms with van der Waals surface area (Å²) in [6.07, 6.45) is 0. The Morgan fingerprint density at radius 3 is 1.45 bits per heavy atom. The number of halogens is 1. The zero-order valence-electron chi connectivity index (χ0n) is 22.4. The molecule has 4 rings (SSSR count). The van der Waals surface area contributed by atoms with Gasteiger partial charge in [-0.1, -0.05) is 107 Å². The van der Waals surface area contributed by atoms with Gasteiger partial charge in [-0.3, -0.25) is 9.69 Å². The Hall–Kier alpha value is -3.93. The molecule has 1 unspecified atom stereocenters. The number of benzene rings is 4. The Balaban J connectivity index is 2.31. The molecule has 204 valence electrons. The average molecular weight is 618 g/mol. The molecule has 0 aliphatic carbocycles. The van der Waals surface area contributed by atoms with Crippen LogP contribution in [0.2, 0.25) is 0 Å². The number of hydrogen-bond donors (Lipinski definition) is 0. The number of carbonyl (C=O) groups is 3. The quantitative estimate of drug-likeness (QED) is 0.212. The summed E-state index contributed by atoms with van der Waals surface area (Å²) in [7, 11) is 2.53. The number of ether oxygens (including phenoxy) is 2. The highest BCUT2D eigenvalue weighted by molar-refractivity contribution is 9.10. The molecule has 6 nitrogen and oxygen atoms in total. The summed E-state index contributed by atoms with van der Waals surface area (Å²) >= 11 is 3.43. The van der Waals surface area contributed by atoms with E-state index >= 15 is 0 Å². The Bertz CT molecular complexity index is 1440. The molecule has 0 radical (unpaired) electrons. The molecule has 0 fully saturated rings. The molecule has 0 saturated heterocycles. The third-order valence-electron chi connectivity index (χ3n) is 6.57. The first-order chi connectivity index (χ1) is 19.4. The van der Waals surface area contributed by atoms with Crippen LogP contribution in [0.15, 0.2) is 120 Å². The first-order valence-electron chi connectivity index (χ1n) is 12.5. The molecule has 4 aromatic carbocycles. The lowest BCUT2D eigenvalue weighted by molar-refractivity contribution is -0.142. The van der Waals surface area contributed by atoms with Gasteiger partial charge >= 0.3 is 11.9 Å². The van der Waals surface area contributed by atoms with E-state index in [2.05, 4.69) is 15.9 Å². The van der Waals surface area contributed by atoms with Gasteiger partial charge in [-0.25, -0.2) is 9.59 Å². The van der Waals surface area contributed by atoms with Crippen molar-refractivity contribution in [3.05, 3.63) is 120 Å². The van der Waals surface area contributed by atoms with Crippen LogP contribution in [0, 0.1) is 0 Å². The van der Waals surface area contributed by atoms with Crippen molar-refractivity contribution in [1.82, 2.24) is 0 Å². The normalized spacial score (nSPS) is 11.7. The number of amides is 1. The van der Waals surface area contributed by atoms with Gasteiger partial charge in [0, 0.05) is 17.1 Å². The van der Waals surface area contributed by atoms with Crippen molar-refractivity contribution < 1.29 is 23.9 Å². The highest BCUT2D eigenvalue weighted by Crippen LogP contribution is 2.48. The van der Waals surface area contributed by atoms with Crippen LogP contribution in [0.3, 0.4) is 0 Å². The van der Waals surface area contributed by atoms with E-state index in [0.29, 0.717) is 5.69 Å². The summed E-state index contributed by atoms with van der Waals surface area (Å²) in [5.41, 5.74) is 0.430. The molecule has 0 spiro atoms. The number of hydrogen-bond acceptors (Lipinski definition) is 5. The smallest absolute Gasteiger partial charge is 0.337 e. The minimum atomic E-state index is -3.14. The van der Waals surface area contributed by atoms with Gasteiger partial charge in [-0.2, -0.15) is 0 Å². The highest BCUT2D eigenvalue weighted by Gasteiger charge is 2.45. The third kappa shape index (κ3) is 5.53. The van der Waals surface area contributed by atoms with Gasteiger partial charge in [0.1, 0.15) is 0 Å². The molecule has 0 heterocycles. The SMILES string of the molecule is COC(=O)C(C(C(=O)OC)N(C(C)=O)c1ccc(Br)cc1)=P(c1ccccc1)(c1ccccc1)c1ccccc1. The molecule has 40 heavy (non-hydrogen) atoms. The number of carbonyl (C=O) groups excluding carboxylic acids is 3. The molecule has 0 bridgehead atoms. The molecular weight excluding hydrogens is 589 g/mol.